The molecule has 2 aromatic carbocycles. The molecule has 36 heavy (non-hydrogen) atoms. The fraction of sp³-hybridized carbons (Fsp3) is 0.286. The third-order valence-corrected chi connectivity index (χ3v) is 6.65. The number of nitrogens with one attached hydrogen (secondary N) is 2. The van der Waals surface area contributed by atoms with Gasteiger partial charge in [0.05, 0.1) is 0 Å². The summed E-state index contributed by atoms with van der Waals surface area (Å²) >= 11 is 0. The van der Waals surface area contributed by atoms with E-state index in [0.717, 1.165) is 30.0 Å². The summed E-state index contributed by atoms with van der Waals surface area (Å²) in [6.07, 6.45) is 6.45. The molecule has 0 atom stereocenters. The van der Waals surface area contributed by atoms with E-state index in [9.17, 15) is 5.11 Å². The first-order valence-corrected chi connectivity index (χ1v) is 12.3. The Morgan fingerprint density at radius 2 is 1.64 bits per heavy atom. The number of benzene rings is 2. The van der Waals surface area contributed by atoms with Crippen molar-refractivity contribution in [2.45, 2.75) is 32.2 Å². The molecule has 0 aliphatic carbocycles. The Morgan fingerprint density at radius 1 is 0.917 bits per heavy atom. The molecule has 4 aromatic rings. The van der Waals surface area contributed by atoms with Crippen LogP contribution in [0.5, 0.6) is 5.75 Å². The number of hydrogen-bond acceptors (Lipinski definition) is 8. The lowest BCUT2D eigenvalue weighted by atomic mass is 10.0. The zero-order chi connectivity index (χ0) is 24.9. The molecule has 8 nitrogen and oxygen atoms in total. The molecule has 1 fully saturated rings. The van der Waals surface area contributed by atoms with Crippen LogP contribution in [-0.4, -0.2) is 51.2 Å². The van der Waals surface area contributed by atoms with E-state index in [0.29, 0.717) is 29.9 Å². The summed E-state index contributed by atoms with van der Waals surface area (Å²) in [5.41, 5.74) is 4.22. The number of phenols is 1. The lowest BCUT2D eigenvalue weighted by molar-refractivity contribution is 0.442. The predicted molar refractivity (Wildman–Crippen MR) is 143 cm³/mol. The van der Waals surface area contributed by atoms with Crippen LogP contribution in [0.3, 0.4) is 0 Å². The Kier molecular flexibility index (Phi) is 7.04. The molecular formula is C28H31N7O. The van der Waals surface area contributed by atoms with Gasteiger partial charge in [0.25, 0.3) is 0 Å². The molecule has 1 saturated heterocycles. The largest absolute Gasteiger partial charge is 0.508 e. The van der Waals surface area contributed by atoms with Crippen LogP contribution >= 0.6 is 0 Å². The summed E-state index contributed by atoms with van der Waals surface area (Å²) in [7, 11) is 2.05. The highest BCUT2D eigenvalue weighted by Crippen LogP contribution is 2.26. The summed E-state index contributed by atoms with van der Waals surface area (Å²) in [4.78, 5) is 20.6. The summed E-state index contributed by atoms with van der Waals surface area (Å²) < 4.78 is 0. The number of rotatable bonds is 7. The third-order valence-electron chi connectivity index (χ3n) is 6.65. The second kappa shape index (κ2) is 10.7. The number of aromatic hydroxyl groups is 1. The first-order valence-electron chi connectivity index (χ1n) is 12.3. The van der Waals surface area contributed by atoms with E-state index in [2.05, 4.69) is 59.7 Å². The van der Waals surface area contributed by atoms with Gasteiger partial charge in [0, 0.05) is 49.2 Å². The maximum atomic E-state index is 9.86. The molecule has 0 amide bonds. The Hall–Kier alpha value is -4.04. The lowest BCUT2D eigenvalue weighted by Gasteiger charge is -2.33. The molecule has 0 spiro atoms. The maximum absolute atomic E-state index is 9.86. The van der Waals surface area contributed by atoms with Crippen LogP contribution in [0, 0.1) is 6.92 Å². The first kappa shape index (κ1) is 23.7. The fourth-order valence-corrected chi connectivity index (χ4v) is 4.53. The maximum Gasteiger partial charge on any atom is 0.161 e. The van der Waals surface area contributed by atoms with Crippen molar-refractivity contribution in [3.63, 3.8) is 0 Å². The predicted octanol–water partition coefficient (Wildman–Crippen LogP) is 4.47. The summed E-state index contributed by atoms with van der Waals surface area (Å²) in [6, 6.07) is 18.1. The number of nitrogens with zero attached hydrogens (tertiary/aromatic N) is 5. The molecule has 0 saturated carbocycles. The zero-order valence-corrected chi connectivity index (χ0v) is 20.6. The second-order valence-electron chi connectivity index (χ2n) is 9.14. The monoisotopic (exact) mass is 481 g/mol. The Balaban J connectivity index is 1.25. The average molecular weight is 482 g/mol. The van der Waals surface area contributed by atoms with Crippen molar-refractivity contribution < 1.29 is 5.11 Å². The van der Waals surface area contributed by atoms with E-state index in [-0.39, 0.29) is 5.75 Å². The Labute approximate surface area is 211 Å². The molecule has 8 heteroatoms. The van der Waals surface area contributed by atoms with Gasteiger partial charge in [-0.05, 0) is 74.3 Å². The van der Waals surface area contributed by atoms with Gasteiger partial charge in [-0.1, -0.05) is 18.2 Å². The minimum atomic E-state index is 0.185. The number of phenolic OH excluding ortho intramolecular Hbond substituents is 1. The van der Waals surface area contributed by atoms with Gasteiger partial charge in [-0.2, -0.15) is 0 Å². The smallest absolute Gasteiger partial charge is 0.161 e. The van der Waals surface area contributed by atoms with E-state index >= 15 is 0 Å². The number of anilines is 3. The molecule has 0 bridgehead atoms. The molecule has 1 aliphatic heterocycles. The van der Waals surface area contributed by atoms with E-state index in [1.54, 1.807) is 30.6 Å². The molecule has 5 rings (SSSR count). The topological polar surface area (TPSA) is 99.1 Å². The molecule has 2 aromatic heterocycles. The second-order valence-corrected chi connectivity index (χ2v) is 9.14. The molecule has 3 heterocycles. The SMILES string of the molecule is CNC1CCN(c2ccc(Cc3nccc(Nc4ccnc(-c5cc(O)ccc5C)n4)n3)cc2)CC1. The van der Waals surface area contributed by atoms with Gasteiger partial charge in [0.15, 0.2) is 5.82 Å². The fourth-order valence-electron chi connectivity index (χ4n) is 4.53. The van der Waals surface area contributed by atoms with Crippen LogP contribution in [0.25, 0.3) is 11.4 Å². The van der Waals surface area contributed by atoms with Gasteiger partial charge >= 0.3 is 0 Å². The number of hydrogen-bond donors (Lipinski definition) is 3. The van der Waals surface area contributed by atoms with Crippen molar-refractivity contribution in [1.82, 2.24) is 25.3 Å². The van der Waals surface area contributed by atoms with Crippen molar-refractivity contribution in [1.29, 1.82) is 0 Å². The van der Waals surface area contributed by atoms with Crippen LogP contribution < -0.4 is 15.5 Å². The number of aryl methyl sites for hydroxylation is 1. The van der Waals surface area contributed by atoms with E-state index in [4.69, 9.17) is 0 Å². The highest BCUT2D eigenvalue weighted by Gasteiger charge is 2.18. The van der Waals surface area contributed by atoms with Gasteiger partial charge in [-0.15, -0.1) is 0 Å². The molecule has 0 radical (unpaired) electrons. The lowest BCUT2D eigenvalue weighted by Crippen LogP contribution is -2.41. The molecule has 1 aliphatic rings. The zero-order valence-electron chi connectivity index (χ0n) is 20.6. The minimum Gasteiger partial charge on any atom is -0.508 e. The van der Waals surface area contributed by atoms with Gasteiger partial charge in [-0.25, -0.2) is 19.9 Å². The molecule has 3 N–H and O–H groups in total. The highest BCUT2D eigenvalue weighted by atomic mass is 16.3. The van der Waals surface area contributed by atoms with Gasteiger partial charge in [-0.3, -0.25) is 0 Å². The highest BCUT2D eigenvalue weighted by molar-refractivity contribution is 5.64. The number of aromatic nitrogens is 4. The van der Waals surface area contributed by atoms with Crippen LogP contribution in [0.15, 0.2) is 67.0 Å². The summed E-state index contributed by atoms with van der Waals surface area (Å²) in [5, 5.41) is 16.5. The van der Waals surface area contributed by atoms with E-state index in [1.807, 2.05) is 26.1 Å². The van der Waals surface area contributed by atoms with E-state index in [1.165, 1.54) is 24.1 Å². The molecular weight excluding hydrogens is 450 g/mol. The quantitative estimate of drug-likeness (QED) is 0.356. The van der Waals surface area contributed by atoms with Gasteiger partial charge < -0.3 is 20.6 Å². The first-order chi connectivity index (χ1) is 17.6. The van der Waals surface area contributed by atoms with Crippen LogP contribution in [-0.2, 0) is 6.42 Å². The summed E-state index contributed by atoms with van der Waals surface area (Å²) in [5.74, 6) is 2.75. The Morgan fingerprint density at radius 3 is 2.39 bits per heavy atom. The van der Waals surface area contributed by atoms with Crippen molar-refractivity contribution in [3.05, 3.63) is 83.9 Å². The van der Waals surface area contributed by atoms with Gasteiger partial charge in [0.1, 0.15) is 23.2 Å². The summed E-state index contributed by atoms with van der Waals surface area (Å²) in [6.45, 7) is 4.13. The van der Waals surface area contributed by atoms with Crippen molar-refractivity contribution >= 4 is 17.3 Å². The normalized spacial score (nSPS) is 14.1. The van der Waals surface area contributed by atoms with Crippen LogP contribution in [0.2, 0.25) is 0 Å². The minimum absolute atomic E-state index is 0.185. The van der Waals surface area contributed by atoms with Crippen molar-refractivity contribution in [2.24, 2.45) is 0 Å². The Bertz CT molecular complexity index is 1320. The standard InChI is InChI=1S/C28H31N7O/c1-19-3-8-23(36)18-24(19)28-31-14-10-26(34-28)32-25-9-13-30-27(33-25)17-20-4-6-22(7-5-20)35-15-11-21(29-2)12-16-35/h3-10,13-14,18,21,29,36H,11-12,15-17H2,1-2H3,(H,30,31,32,33,34). The van der Waals surface area contributed by atoms with Gasteiger partial charge in [0.2, 0.25) is 0 Å². The van der Waals surface area contributed by atoms with Crippen LogP contribution in [0.4, 0.5) is 17.3 Å². The van der Waals surface area contributed by atoms with Crippen molar-refractivity contribution in [3.8, 4) is 17.1 Å². The molecule has 184 valence electrons. The van der Waals surface area contributed by atoms with E-state index < -0.39 is 0 Å². The van der Waals surface area contributed by atoms with Crippen LogP contribution in [0.1, 0.15) is 29.8 Å². The van der Waals surface area contributed by atoms with Crippen molar-refractivity contribution in [2.75, 3.05) is 30.4 Å². The average Bonchev–Trinajstić information content (AvgIpc) is 2.91. The number of piperidine rings is 1. The third kappa shape index (κ3) is 5.60. The molecule has 0 unspecified atom stereocenters.